The first kappa shape index (κ1) is 18.9. The number of nitrogens with zero attached hydrogens (tertiary/aromatic N) is 1. The van der Waals surface area contributed by atoms with Crippen molar-refractivity contribution in [2.24, 2.45) is 0 Å². The molecule has 0 aromatic heterocycles. The number of carbonyl (C=O) groups is 1. The van der Waals surface area contributed by atoms with Gasteiger partial charge in [-0.15, -0.1) is 0 Å². The van der Waals surface area contributed by atoms with E-state index in [9.17, 15) is 14.9 Å². The first-order chi connectivity index (χ1) is 11.9. The first-order valence-electron chi connectivity index (χ1n) is 7.51. The molecule has 25 heavy (non-hydrogen) atoms. The molecule has 2 N–H and O–H groups in total. The molecule has 0 atom stereocenters. The summed E-state index contributed by atoms with van der Waals surface area (Å²) in [6.07, 6.45) is 0. The summed E-state index contributed by atoms with van der Waals surface area (Å²) in [4.78, 5) is 23.2. The lowest BCUT2D eigenvalue weighted by atomic mass is 10.1. The van der Waals surface area contributed by atoms with Gasteiger partial charge in [0.05, 0.1) is 11.5 Å². The van der Waals surface area contributed by atoms with Crippen LogP contribution in [0.2, 0.25) is 0 Å². The second-order valence-corrected chi connectivity index (χ2v) is 6.24. The lowest BCUT2D eigenvalue weighted by molar-refractivity contribution is -0.384. The SMILES string of the molecule is COCCNc1ccc(C(=O)Nc2ccc(Br)cc2C)cc1[N+](=O)[O-]. The number of hydrogen-bond acceptors (Lipinski definition) is 5. The first-order valence-corrected chi connectivity index (χ1v) is 8.30. The lowest BCUT2D eigenvalue weighted by Crippen LogP contribution is -2.14. The normalized spacial score (nSPS) is 10.4. The van der Waals surface area contributed by atoms with Gasteiger partial charge in [-0.1, -0.05) is 15.9 Å². The number of aryl methyl sites for hydroxylation is 1. The summed E-state index contributed by atoms with van der Waals surface area (Å²) in [6, 6.07) is 9.79. The number of nitro benzene ring substituents is 1. The average molecular weight is 408 g/mol. The van der Waals surface area contributed by atoms with Crippen LogP contribution in [0, 0.1) is 17.0 Å². The molecule has 2 aromatic carbocycles. The second-order valence-electron chi connectivity index (χ2n) is 5.32. The highest BCUT2D eigenvalue weighted by molar-refractivity contribution is 9.10. The van der Waals surface area contributed by atoms with E-state index in [2.05, 4.69) is 26.6 Å². The molecule has 0 aliphatic heterocycles. The highest BCUT2D eigenvalue weighted by atomic mass is 79.9. The molecular formula is C17H18BrN3O4. The number of anilines is 2. The van der Waals surface area contributed by atoms with Crippen molar-refractivity contribution in [2.45, 2.75) is 6.92 Å². The molecule has 0 saturated heterocycles. The predicted molar refractivity (Wildman–Crippen MR) is 100 cm³/mol. The molecule has 0 radical (unpaired) electrons. The van der Waals surface area contributed by atoms with E-state index in [1.165, 1.54) is 12.1 Å². The summed E-state index contributed by atoms with van der Waals surface area (Å²) in [5.41, 5.74) is 1.94. The minimum Gasteiger partial charge on any atom is -0.383 e. The molecule has 0 unspecified atom stereocenters. The van der Waals surface area contributed by atoms with Crippen molar-refractivity contribution in [3.05, 3.63) is 62.1 Å². The Labute approximate surface area is 153 Å². The minimum absolute atomic E-state index is 0.156. The number of amides is 1. The standard InChI is InChI=1S/C17H18BrN3O4/c1-11-9-13(18)4-6-14(11)20-17(22)12-3-5-15(19-7-8-25-2)16(10-12)21(23)24/h3-6,9-10,19H,7-8H2,1-2H3,(H,20,22). The van der Waals surface area contributed by atoms with Gasteiger partial charge in [0, 0.05) is 35.4 Å². The smallest absolute Gasteiger partial charge is 0.293 e. The second kappa shape index (κ2) is 8.59. The number of benzene rings is 2. The van der Waals surface area contributed by atoms with Crippen molar-refractivity contribution in [1.82, 2.24) is 0 Å². The number of nitro groups is 1. The molecule has 0 fully saturated rings. The third kappa shape index (κ3) is 5.01. The minimum atomic E-state index is -0.517. The van der Waals surface area contributed by atoms with Crippen molar-refractivity contribution in [3.8, 4) is 0 Å². The number of carbonyl (C=O) groups excluding carboxylic acids is 1. The van der Waals surface area contributed by atoms with Crippen LogP contribution in [0.3, 0.4) is 0 Å². The highest BCUT2D eigenvalue weighted by Gasteiger charge is 2.18. The van der Waals surface area contributed by atoms with E-state index in [4.69, 9.17) is 4.74 Å². The third-order valence-electron chi connectivity index (χ3n) is 3.51. The van der Waals surface area contributed by atoms with Crippen molar-refractivity contribution >= 4 is 38.9 Å². The molecule has 2 rings (SSSR count). The average Bonchev–Trinajstić information content (AvgIpc) is 2.57. The van der Waals surface area contributed by atoms with Crippen LogP contribution < -0.4 is 10.6 Å². The van der Waals surface area contributed by atoms with E-state index in [0.29, 0.717) is 24.5 Å². The van der Waals surface area contributed by atoms with Crippen LogP contribution >= 0.6 is 15.9 Å². The number of rotatable bonds is 7. The zero-order valence-corrected chi connectivity index (χ0v) is 15.4. The van der Waals surface area contributed by atoms with E-state index in [-0.39, 0.29) is 11.3 Å². The fourth-order valence-electron chi connectivity index (χ4n) is 2.22. The Morgan fingerprint density at radius 3 is 2.60 bits per heavy atom. The van der Waals surface area contributed by atoms with Crippen LogP contribution in [0.1, 0.15) is 15.9 Å². The summed E-state index contributed by atoms with van der Waals surface area (Å²) in [5, 5.41) is 17.0. The van der Waals surface area contributed by atoms with Crippen molar-refractivity contribution in [2.75, 3.05) is 30.9 Å². The quantitative estimate of drug-likeness (QED) is 0.411. The van der Waals surface area contributed by atoms with Gasteiger partial charge in [-0.05, 0) is 42.8 Å². The molecule has 0 heterocycles. The molecular weight excluding hydrogens is 390 g/mol. The zero-order valence-electron chi connectivity index (χ0n) is 13.8. The van der Waals surface area contributed by atoms with Gasteiger partial charge in [0.15, 0.2) is 0 Å². The van der Waals surface area contributed by atoms with Crippen LogP contribution in [0.4, 0.5) is 17.1 Å². The molecule has 0 aliphatic rings. The molecule has 1 amide bonds. The van der Waals surface area contributed by atoms with Gasteiger partial charge in [-0.3, -0.25) is 14.9 Å². The van der Waals surface area contributed by atoms with Crippen molar-refractivity contribution < 1.29 is 14.5 Å². The molecule has 7 nitrogen and oxygen atoms in total. The largest absolute Gasteiger partial charge is 0.383 e. The summed E-state index contributed by atoms with van der Waals surface area (Å²) in [5.74, 6) is -0.406. The summed E-state index contributed by atoms with van der Waals surface area (Å²) < 4.78 is 5.82. The Hall–Kier alpha value is -2.45. The summed E-state index contributed by atoms with van der Waals surface area (Å²) in [6.45, 7) is 2.72. The van der Waals surface area contributed by atoms with Gasteiger partial charge < -0.3 is 15.4 Å². The van der Waals surface area contributed by atoms with E-state index in [0.717, 1.165) is 10.0 Å². The zero-order chi connectivity index (χ0) is 18.4. The maximum Gasteiger partial charge on any atom is 0.293 e. The van der Waals surface area contributed by atoms with Gasteiger partial charge >= 0.3 is 0 Å². The van der Waals surface area contributed by atoms with Gasteiger partial charge in [0.25, 0.3) is 11.6 Å². The highest BCUT2D eigenvalue weighted by Crippen LogP contribution is 2.26. The molecule has 0 aliphatic carbocycles. The maximum atomic E-state index is 12.4. The Bertz CT molecular complexity index is 795. The fourth-order valence-corrected chi connectivity index (χ4v) is 2.70. The maximum absolute atomic E-state index is 12.4. The Morgan fingerprint density at radius 2 is 1.96 bits per heavy atom. The van der Waals surface area contributed by atoms with Crippen LogP contribution in [-0.2, 0) is 4.74 Å². The lowest BCUT2D eigenvalue weighted by Gasteiger charge is -2.10. The molecule has 0 bridgehead atoms. The van der Waals surface area contributed by atoms with Gasteiger partial charge in [-0.2, -0.15) is 0 Å². The summed E-state index contributed by atoms with van der Waals surface area (Å²) >= 11 is 3.36. The number of nitrogens with one attached hydrogen (secondary N) is 2. The van der Waals surface area contributed by atoms with Gasteiger partial charge in [0.1, 0.15) is 5.69 Å². The fraction of sp³-hybridized carbons (Fsp3) is 0.235. The number of methoxy groups -OCH3 is 1. The molecule has 0 spiro atoms. The number of ether oxygens (including phenoxy) is 1. The molecule has 132 valence electrons. The molecule has 8 heteroatoms. The number of halogens is 1. The Kier molecular flexibility index (Phi) is 6.49. The summed E-state index contributed by atoms with van der Waals surface area (Å²) in [7, 11) is 1.55. The Morgan fingerprint density at radius 1 is 1.24 bits per heavy atom. The number of hydrogen-bond donors (Lipinski definition) is 2. The molecule has 0 saturated carbocycles. The molecule has 2 aromatic rings. The third-order valence-corrected chi connectivity index (χ3v) is 4.01. The van der Waals surface area contributed by atoms with Gasteiger partial charge in [-0.25, -0.2) is 0 Å². The monoisotopic (exact) mass is 407 g/mol. The Balaban J connectivity index is 2.21. The van der Waals surface area contributed by atoms with Gasteiger partial charge in [0.2, 0.25) is 0 Å². The predicted octanol–water partition coefficient (Wildman–Crippen LogP) is 3.98. The van der Waals surface area contributed by atoms with Crippen LogP contribution in [0.15, 0.2) is 40.9 Å². The topological polar surface area (TPSA) is 93.5 Å². The van der Waals surface area contributed by atoms with Crippen LogP contribution in [-0.4, -0.2) is 31.1 Å². The van der Waals surface area contributed by atoms with Crippen LogP contribution in [0.5, 0.6) is 0 Å². The van der Waals surface area contributed by atoms with Crippen molar-refractivity contribution in [3.63, 3.8) is 0 Å². The van der Waals surface area contributed by atoms with E-state index < -0.39 is 10.8 Å². The van der Waals surface area contributed by atoms with Crippen LogP contribution in [0.25, 0.3) is 0 Å². The van der Waals surface area contributed by atoms with E-state index in [1.54, 1.807) is 19.2 Å². The van der Waals surface area contributed by atoms with E-state index in [1.807, 2.05) is 19.1 Å². The van der Waals surface area contributed by atoms with E-state index >= 15 is 0 Å². The van der Waals surface area contributed by atoms with Crippen molar-refractivity contribution in [1.29, 1.82) is 0 Å².